The van der Waals surface area contributed by atoms with E-state index in [0.717, 1.165) is 48.2 Å². The van der Waals surface area contributed by atoms with Crippen molar-refractivity contribution in [1.82, 2.24) is 0 Å². The molecule has 0 saturated heterocycles. The van der Waals surface area contributed by atoms with Crippen LogP contribution >= 0.6 is 23.2 Å². The first kappa shape index (κ1) is 19.1. The van der Waals surface area contributed by atoms with Crippen LogP contribution in [0.15, 0.2) is 36.4 Å². The van der Waals surface area contributed by atoms with Gasteiger partial charge in [0.1, 0.15) is 5.75 Å². The highest BCUT2D eigenvalue weighted by atomic mass is 35.5. The van der Waals surface area contributed by atoms with Crippen LogP contribution in [0.3, 0.4) is 0 Å². The van der Waals surface area contributed by atoms with Gasteiger partial charge in [0.2, 0.25) is 5.91 Å². The first-order valence-electron chi connectivity index (χ1n) is 8.97. The van der Waals surface area contributed by atoms with Crippen LogP contribution < -0.4 is 10.1 Å². The molecule has 0 bridgehead atoms. The van der Waals surface area contributed by atoms with Crippen LogP contribution in [0.1, 0.15) is 43.7 Å². The smallest absolute Gasteiger partial charge is 0.235 e. The number of halogens is 2. The number of hydrogen-bond acceptors (Lipinski definition) is 2. The van der Waals surface area contributed by atoms with Gasteiger partial charge in [0.05, 0.1) is 12.0 Å². The van der Waals surface area contributed by atoms with Crippen LogP contribution in [-0.2, 0) is 10.2 Å². The van der Waals surface area contributed by atoms with Crippen LogP contribution in [0.25, 0.3) is 0 Å². The molecule has 1 aliphatic rings. The Morgan fingerprint density at radius 1 is 1.15 bits per heavy atom. The molecule has 1 amide bonds. The van der Waals surface area contributed by atoms with Gasteiger partial charge in [-0.2, -0.15) is 0 Å². The highest BCUT2D eigenvalue weighted by Crippen LogP contribution is 2.45. The fourth-order valence-electron chi connectivity index (χ4n) is 3.77. The van der Waals surface area contributed by atoms with E-state index in [4.69, 9.17) is 27.9 Å². The van der Waals surface area contributed by atoms with Gasteiger partial charge < -0.3 is 10.1 Å². The fraction of sp³-hybridized carbons (Fsp3) is 0.381. The van der Waals surface area contributed by atoms with Gasteiger partial charge in [-0.15, -0.1) is 0 Å². The summed E-state index contributed by atoms with van der Waals surface area (Å²) in [4.78, 5) is 13.3. The lowest BCUT2D eigenvalue weighted by atomic mass is 9.78. The number of anilines is 1. The number of aryl methyl sites for hydroxylation is 1. The van der Waals surface area contributed by atoms with Crippen LogP contribution in [-0.4, -0.2) is 12.5 Å². The summed E-state index contributed by atoms with van der Waals surface area (Å²) in [6, 6.07) is 11.1. The average molecular weight is 392 g/mol. The van der Waals surface area contributed by atoms with Crippen molar-refractivity contribution in [3.05, 3.63) is 57.6 Å². The zero-order valence-corrected chi connectivity index (χ0v) is 16.6. The molecule has 0 aliphatic heterocycles. The van der Waals surface area contributed by atoms with E-state index in [1.165, 1.54) is 0 Å². The predicted octanol–water partition coefficient (Wildman–Crippen LogP) is 6.15. The third-order valence-corrected chi connectivity index (χ3v) is 5.62. The highest BCUT2D eigenvalue weighted by Gasteiger charge is 2.44. The number of carbonyl (C=O) groups is 1. The fourth-order valence-corrected chi connectivity index (χ4v) is 4.36. The minimum Gasteiger partial charge on any atom is -0.494 e. The summed E-state index contributed by atoms with van der Waals surface area (Å²) in [6.07, 6.45) is 3.59. The van der Waals surface area contributed by atoms with Crippen molar-refractivity contribution in [2.45, 2.75) is 44.9 Å². The summed E-state index contributed by atoms with van der Waals surface area (Å²) in [5, 5.41) is 4.22. The van der Waals surface area contributed by atoms with Gasteiger partial charge >= 0.3 is 0 Å². The molecule has 0 aromatic heterocycles. The summed E-state index contributed by atoms with van der Waals surface area (Å²) >= 11 is 12.5. The third-order valence-electron chi connectivity index (χ3n) is 5.07. The first-order valence-corrected chi connectivity index (χ1v) is 9.72. The Morgan fingerprint density at radius 2 is 1.88 bits per heavy atom. The monoisotopic (exact) mass is 391 g/mol. The lowest BCUT2D eigenvalue weighted by molar-refractivity contribution is -0.121. The van der Waals surface area contributed by atoms with Crippen molar-refractivity contribution >= 4 is 34.8 Å². The van der Waals surface area contributed by atoms with Gasteiger partial charge in [-0.25, -0.2) is 0 Å². The van der Waals surface area contributed by atoms with E-state index in [2.05, 4.69) is 5.32 Å². The van der Waals surface area contributed by atoms with Crippen LogP contribution in [0.2, 0.25) is 10.0 Å². The van der Waals surface area contributed by atoms with E-state index in [1.807, 2.05) is 38.1 Å². The summed E-state index contributed by atoms with van der Waals surface area (Å²) < 4.78 is 5.57. The number of ether oxygens (including phenoxy) is 1. The summed E-state index contributed by atoms with van der Waals surface area (Å²) in [7, 11) is 0. The molecular formula is C21H23Cl2NO2. The minimum atomic E-state index is -0.603. The maximum absolute atomic E-state index is 13.3. The Kier molecular flexibility index (Phi) is 5.79. The lowest BCUT2D eigenvalue weighted by Gasteiger charge is -2.29. The zero-order valence-electron chi connectivity index (χ0n) is 15.1. The number of benzene rings is 2. The van der Waals surface area contributed by atoms with Crippen LogP contribution in [0.5, 0.6) is 5.75 Å². The first-order chi connectivity index (χ1) is 12.5. The van der Waals surface area contributed by atoms with E-state index in [0.29, 0.717) is 16.7 Å². The summed E-state index contributed by atoms with van der Waals surface area (Å²) in [5.41, 5.74) is 2.02. The molecule has 2 aromatic rings. The molecule has 0 unspecified atom stereocenters. The maximum Gasteiger partial charge on any atom is 0.235 e. The molecular weight excluding hydrogens is 369 g/mol. The maximum atomic E-state index is 13.3. The number of carbonyl (C=O) groups excluding carboxylic acids is 1. The van der Waals surface area contributed by atoms with Gasteiger partial charge in [-0.3, -0.25) is 4.79 Å². The summed E-state index contributed by atoms with van der Waals surface area (Å²) in [5.74, 6) is 0.824. The van der Waals surface area contributed by atoms with Crippen LogP contribution in [0, 0.1) is 6.92 Å². The minimum absolute atomic E-state index is 0.0113. The molecule has 1 saturated carbocycles. The standard InChI is InChI=1S/C21H23Cl2NO2/c1-3-26-19-9-7-16(12-14(19)2)24-20(25)21(10-4-5-11-21)17-8-6-15(22)13-18(17)23/h6-9,12-13H,3-5,10-11H2,1-2H3,(H,24,25). The SMILES string of the molecule is CCOc1ccc(NC(=O)C2(c3ccc(Cl)cc3Cl)CCCC2)cc1C. The van der Waals surface area contributed by atoms with E-state index in [1.54, 1.807) is 12.1 Å². The molecule has 0 spiro atoms. The van der Waals surface area contributed by atoms with Gasteiger partial charge in [0.15, 0.2) is 0 Å². The second kappa shape index (κ2) is 7.89. The molecule has 1 fully saturated rings. The lowest BCUT2D eigenvalue weighted by Crippen LogP contribution is -2.38. The molecule has 138 valence electrons. The third kappa shape index (κ3) is 3.70. The van der Waals surface area contributed by atoms with Crippen molar-refractivity contribution in [1.29, 1.82) is 0 Å². The number of amides is 1. The molecule has 0 atom stereocenters. The molecule has 2 aromatic carbocycles. The Labute approximate surface area is 164 Å². The predicted molar refractivity (Wildman–Crippen MR) is 108 cm³/mol. The molecule has 3 rings (SSSR count). The Hall–Kier alpha value is -1.71. The highest BCUT2D eigenvalue weighted by molar-refractivity contribution is 6.35. The van der Waals surface area contributed by atoms with Gasteiger partial charge in [0, 0.05) is 15.7 Å². The second-order valence-corrected chi connectivity index (χ2v) is 7.62. The normalized spacial score (nSPS) is 15.7. The Balaban J connectivity index is 1.89. The molecule has 3 nitrogen and oxygen atoms in total. The number of nitrogens with one attached hydrogen (secondary N) is 1. The topological polar surface area (TPSA) is 38.3 Å². The Morgan fingerprint density at radius 3 is 2.50 bits per heavy atom. The molecule has 0 heterocycles. The van der Waals surface area contributed by atoms with Crippen LogP contribution in [0.4, 0.5) is 5.69 Å². The van der Waals surface area contributed by atoms with Crippen molar-refractivity contribution in [2.75, 3.05) is 11.9 Å². The van der Waals surface area contributed by atoms with Crippen molar-refractivity contribution in [3.63, 3.8) is 0 Å². The van der Waals surface area contributed by atoms with Gasteiger partial charge in [-0.05, 0) is 68.1 Å². The van der Waals surface area contributed by atoms with Crippen molar-refractivity contribution in [2.24, 2.45) is 0 Å². The van der Waals surface area contributed by atoms with Gasteiger partial charge in [-0.1, -0.05) is 42.1 Å². The molecule has 1 N–H and O–H groups in total. The number of rotatable bonds is 5. The van der Waals surface area contributed by atoms with E-state index in [-0.39, 0.29) is 5.91 Å². The quantitative estimate of drug-likeness (QED) is 0.663. The van der Waals surface area contributed by atoms with E-state index in [9.17, 15) is 4.79 Å². The molecule has 0 radical (unpaired) electrons. The van der Waals surface area contributed by atoms with E-state index < -0.39 is 5.41 Å². The largest absolute Gasteiger partial charge is 0.494 e. The average Bonchev–Trinajstić information content (AvgIpc) is 3.08. The second-order valence-electron chi connectivity index (χ2n) is 6.78. The zero-order chi connectivity index (χ0) is 18.7. The van der Waals surface area contributed by atoms with Crippen molar-refractivity contribution < 1.29 is 9.53 Å². The Bertz CT molecular complexity index is 814. The summed E-state index contributed by atoms with van der Waals surface area (Å²) in [6.45, 7) is 4.54. The molecule has 26 heavy (non-hydrogen) atoms. The molecule has 5 heteroatoms. The van der Waals surface area contributed by atoms with Crippen molar-refractivity contribution in [3.8, 4) is 5.75 Å². The molecule has 1 aliphatic carbocycles. The van der Waals surface area contributed by atoms with Gasteiger partial charge in [0.25, 0.3) is 0 Å². The van der Waals surface area contributed by atoms with E-state index >= 15 is 0 Å². The number of hydrogen-bond donors (Lipinski definition) is 1.